The molecule has 2 saturated heterocycles. The minimum absolute atomic E-state index is 0.0363. The Morgan fingerprint density at radius 3 is 2.45 bits per heavy atom. The number of aliphatic hydroxyl groups excluding tert-OH is 1. The quantitative estimate of drug-likeness (QED) is 0.224. The molecule has 0 radical (unpaired) electrons. The average Bonchev–Trinajstić information content (AvgIpc) is 3.49. The predicted octanol–water partition coefficient (Wildman–Crippen LogP) is 3.09. The molecule has 4 heterocycles. The first-order chi connectivity index (χ1) is 23.9. The Morgan fingerprint density at radius 2 is 1.71 bits per heavy atom. The number of fused-ring (bicyclic) bond motifs is 2. The van der Waals surface area contributed by atoms with Crippen molar-refractivity contribution >= 4 is 23.7 Å². The Labute approximate surface area is 286 Å². The van der Waals surface area contributed by atoms with E-state index < -0.39 is 47.7 Å². The normalized spacial score (nSPS) is 30.7. The number of ether oxygens (including phenoxy) is 3. The highest BCUT2D eigenvalue weighted by Crippen LogP contribution is 2.53. The van der Waals surface area contributed by atoms with Gasteiger partial charge in [0.15, 0.2) is 0 Å². The molecule has 7 atom stereocenters. The standard InChI is InChI=1S/C38H45N3O8/c1-47-25-28-33(27-16-7-3-8-17-27)48-37(46)31-29(18-9-10-19-30(43)39-28)49-38-20-13-21-40(24-26-14-5-2-6-15-26)36(45)34(38)41(35(44)32(31)38)22-11-4-12-23-42/h2-3,5-9,13-18,20,28-29,31-34,42H,4,10-12,19,21-25H2,1H3,(H,39,43)/b18-9-/t28-,29-,31+,32+,33-,34-,38+/m1/s1. The number of aliphatic hydroxyl groups is 1. The average molecular weight is 672 g/mol. The molecule has 3 amide bonds. The summed E-state index contributed by atoms with van der Waals surface area (Å²) in [6, 6.07) is 17.1. The van der Waals surface area contributed by atoms with Crippen molar-refractivity contribution in [3.05, 3.63) is 96.1 Å². The summed E-state index contributed by atoms with van der Waals surface area (Å²) in [7, 11) is 1.52. The van der Waals surface area contributed by atoms with Crippen molar-refractivity contribution in [1.82, 2.24) is 15.1 Å². The Balaban J connectivity index is 1.40. The number of amides is 3. The molecule has 6 rings (SSSR count). The van der Waals surface area contributed by atoms with Crippen molar-refractivity contribution in [3.8, 4) is 0 Å². The van der Waals surface area contributed by atoms with Gasteiger partial charge in [-0.2, -0.15) is 0 Å². The maximum absolute atomic E-state index is 14.7. The van der Waals surface area contributed by atoms with Gasteiger partial charge in [0, 0.05) is 39.8 Å². The molecule has 0 bridgehead atoms. The Hall–Kier alpha value is -4.32. The first kappa shape index (κ1) is 34.5. The third kappa shape index (κ3) is 7.06. The van der Waals surface area contributed by atoms with Crippen LogP contribution in [0.2, 0.25) is 0 Å². The fourth-order valence-corrected chi connectivity index (χ4v) is 7.69. The van der Waals surface area contributed by atoms with Crippen LogP contribution in [0.1, 0.15) is 49.3 Å². The molecule has 11 heteroatoms. The first-order valence-corrected chi connectivity index (χ1v) is 17.2. The third-order valence-electron chi connectivity index (χ3n) is 9.92. The van der Waals surface area contributed by atoms with Gasteiger partial charge in [-0.25, -0.2) is 0 Å². The lowest BCUT2D eigenvalue weighted by Crippen LogP contribution is -2.55. The van der Waals surface area contributed by atoms with Crippen LogP contribution in [0.5, 0.6) is 0 Å². The lowest BCUT2D eigenvalue weighted by Gasteiger charge is -2.35. The van der Waals surface area contributed by atoms with Gasteiger partial charge in [0.05, 0.1) is 24.7 Å². The highest BCUT2D eigenvalue weighted by Gasteiger charge is 2.71. The maximum atomic E-state index is 14.7. The van der Waals surface area contributed by atoms with Crippen molar-refractivity contribution in [2.45, 2.75) is 68.5 Å². The second kappa shape index (κ2) is 15.5. The molecular formula is C38H45N3O8. The zero-order valence-corrected chi connectivity index (χ0v) is 27.8. The SMILES string of the molecule is COC[C@H]1NC(=O)CC/C=C\[C@H]2O[C@]34C=CCN(Cc5ccccc5)C(=O)[C@H]3N(CCCCCO)C(=O)[C@@H]4[C@H]2C(=O)O[C@@H]1c1ccccc1. The minimum atomic E-state index is -1.42. The van der Waals surface area contributed by atoms with E-state index in [-0.39, 0.29) is 43.9 Å². The van der Waals surface area contributed by atoms with Crippen LogP contribution < -0.4 is 5.32 Å². The molecule has 0 aliphatic carbocycles. The number of likely N-dealkylation sites (tertiary alicyclic amines) is 1. The van der Waals surface area contributed by atoms with E-state index in [9.17, 15) is 24.3 Å². The largest absolute Gasteiger partial charge is 0.455 e. The van der Waals surface area contributed by atoms with Crippen LogP contribution in [-0.4, -0.2) is 95.8 Å². The van der Waals surface area contributed by atoms with Crippen molar-refractivity contribution < 1.29 is 38.5 Å². The Bertz CT molecular complexity index is 1550. The number of hydrogen-bond donors (Lipinski definition) is 2. The van der Waals surface area contributed by atoms with Crippen molar-refractivity contribution in [2.75, 3.05) is 33.4 Å². The topological polar surface area (TPSA) is 135 Å². The molecular weight excluding hydrogens is 626 g/mol. The summed E-state index contributed by atoms with van der Waals surface area (Å²) in [6.07, 6.45) is 7.82. The molecule has 0 saturated carbocycles. The van der Waals surface area contributed by atoms with Crippen LogP contribution in [0.25, 0.3) is 0 Å². The summed E-state index contributed by atoms with van der Waals surface area (Å²) < 4.78 is 18.6. The van der Waals surface area contributed by atoms with Crippen LogP contribution in [-0.2, 0) is 39.9 Å². The van der Waals surface area contributed by atoms with Crippen LogP contribution >= 0.6 is 0 Å². The molecule has 11 nitrogen and oxygen atoms in total. The smallest absolute Gasteiger partial charge is 0.313 e. The van der Waals surface area contributed by atoms with E-state index in [0.29, 0.717) is 44.3 Å². The van der Waals surface area contributed by atoms with Crippen LogP contribution in [0.15, 0.2) is 85.0 Å². The highest BCUT2D eigenvalue weighted by atomic mass is 16.6. The number of nitrogens with zero attached hydrogens (tertiary/aromatic N) is 2. The fraction of sp³-hybridized carbons (Fsp3) is 0.474. The molecule has 4 aliphatic rings. The molecule has 0 unspecified atom stereocenters. The Kier molecular flexibility index (Phi) is 10.9. The van der Waals surface area contributed by atoms with Gasteiger partial charge in [-0.3, -0.25) is 19.2 Å². The van der Waals surface area contributed by atoms with E-state index in [0.717, 1.165) is 5.56 Å². The number of methoxy groups -OCH3 is 1. The lowest BCUT2D eigenvalue weighted by molar-refractivity contribution is -0.162. The molecule has 2 N–H and O–H groups in total. The van der Waals surface area contributed by atoms with Gasteiger partial charge in [-0.05, 0) is 36.8 Å². The van der Waals surface area contributed by atoms with Crippen molar-refractivity contribution in [2.24, 2.45) is 11.8 Å². The number of allylic oxidation sites excluding steroid dienone is 1. The molecule has 2 aromatic rings. The first-order valence-electron chi connectivity index (χ1n) is 17.2. The molecule has 0 aromatic heterocycles. The zero-order chi connectivity index (χ0) is 34.4. The van der Waals surface area contributed by atoms with E-state index in [1.807, 2.05) is 72.8 Å². The molecule has 4 aliphatic heterocycles. The van der Waals surface area contributed by atoms with Crippen molar-refractivity contribution in [3.63, 3.8) is 0 Å². The highest BCUT2D eigenvalue weighted by molar-refractivity contribution is 5.99. The van der Waals surface area contributed by atoms with Crippen LogP contribution in [0, 0.1) is 11.8 Å². The van der Waals surface area contributed by atoms with Gasteiger partial charge in [0.25, 0.3) is 0 Å². The Morgan fingerprint density at radius 1 is 0.959 bits per heavy atom. The van der Waals surface area contributed by atoms with Crippen LogP contribution in [0.3, 0.4) is 0 Å². The number of benzene rings is 2. The number of esters is 1. The number of cyclic esters (lactones) is 1. The molecule has 2 fully saturated rings. The summed E-state index contributed by atoms with van der Waals surface area (Å²) >= 11 is 0. The van der Waals surface area contributed by atoms with Gasteiger partial charge in [-0.1, -0.05) is 85.0 Å². The van der Waals surface area contributed by atoms with Crippen molar-refractivity contribution in [1.29, 1.82) is 0 Å². The number of rotatable bonds is 10. The fourth-order valence-electron chi connectivity index (χ4n) is 7.69. The number of hydrogen-bond acceptors (Lipinski definition) is 8. The number of carbonyl (C=O) groups excluding carboxylic acids is 4. The maximum Gasteiger partial charge on any atom is 0.313 e. The number of nitrogens with one attached hydrogen (secondary N) is 1. The van der Waals surface area contributed by atoms with Gasteiger partial charge in [0.1, 0.15) is 23.7 Å². The van der Waals surface area contributed by atoms with Crippen LogP contribution in [0.4, 0.5) is 0 Å². The molecule has 49 heavy (non-hydrogen) atoms. The zero-order valence-electron chi connectivity index (χ0n) is 27.8. The van der Waals surface area contributed by atoms with Gasteiger partial charge in [-0.15, -0.1) is 0 Å². The molecule has 260 valence electrons. The number of carbonyl (C=O) groups is 4. The second-order valence-electron chi connectivity index (χ2n) is 13.1. The summed E-state index contributed by atoms with van der Waals surface area (Å²) in [4.78, 5) is 60.1. The summed E-state index contributed by atoms with van der Waals surface area (Å²) in [5.74, 6) is -3.54. The third-order valence-corrected chi connectivity index (χ3v) is 9.92. The van der Waals surface area contributed by atoms with Gasteiger partial charge in [0.2, 0.25) is 17.7 Å². The van der Waals surface area contributed by atoms with E-state index in [4.69, 9.17) is 14.2 Å². The molecule has 2 aromatic carbocycles. The predicted molar refractivity (Wildman–Crippen MR) is 179 cm³/mol. The summed E-state index contributed by atoms with van der Waals surface area (Å²) in [5.41, 5.74) is 0.201. The molecule has 1 spiro atoms. The van der Waals surface area contributed by atoms with E-state index in [1.165, 1.54) is 7.11 Å². The summed E-state index contributed by atoms with van der Waals surface area (Å²) in [5, 5.41) is 12.4. The summed E-state index contributed by atoms with van der Waals surface area (Å²) in [6.45, 7) is 1.06. The minimum Gasteiger partial charge on any atom is -0.455 e. The van der Waals surface area contributed by atoms with Gasteiger partial charge < -0.3 is 34.4 Å². The van der Waals surface area contributed by atoms with E-state index >= 15 is 0 Å². The monoisotopic (exact) mass is 671 g/mol. The van der Waals surface area contributed by atoms with E-state index in [2.05, 4.69) is 5.32 Å². The number of unbranched alkanes of at least 4 members (excludes halogenated alkanes) is 2. The van der Waals surface area contributed by atoms with Gasteiger partial charge >= 0.3 is 5.97 Å². The lowest BCUT2D eigenvalue weighted by atomic mass is 9.77. The second-order valence-corrected chi connectivity index (χ2v) is 13.1. The van der Waals surface area contributed by atoms with E-state index in [1.54, 1.807) is 22.0 Å².